The first-order valence-electron chi connectivity index (χ1n) is 23.5. The molecule has 0 saturated carbocycles. The van der Waals surface area contributed by atoms with Crippen LogP contribution in [0.1, 0.15) is 53.0 Å². The van der Waals surface area contributed by atoms with Crippen LogP contribution < -0.4 is 26.6 Å². The Morgan fingerprint density at radius 3 is 2.33 bits per heavy atom. The maximum Gasteiger partial charge on any atom is 0.332 e. The van der Waals surface area contributed by atoms with E-state index in [2.05, 4.69) is 41.3 Å². The number of epoxide rings is 1. The maximum atomic E-state index is 14.0. The van der Waals surface area contributed by atoms with Gasteiger partial charge in [0.25, 0.3) is 0 Å². The third-order valence-electron chi connectivity index (χ3n) is 11.9. The molecule has 2 aliphatic rings. The van der Waals surface area contributed by atoms with E-state index in [4.69, 9.17) is 45.8 Å². The van der Waals surface area contributed by atoms with Gasteiger partial charge in [0.1, 0.15) is 60.4 Å². The van der Waals surface area contributed by atoms with E-state index in [0.717, 1.165) is 23.2 Å². The van der Waals surface area contributed by atoms with E-state index in [9.17, 15) is 39.0 Å². The number of nitrogens with one attached hydrogen (secondary N) is 3. The second-order valence-corrected chi connectivity index (χ2v) is 23.8. The van der Waals surface area contributed by atoms with Crippen LogP contribution in [0.4, 0.5) is 5.69 Å². The Labute approximate surface area is 433 Å². The van der Waals surface area contributed by atoms with Gasteiger partial charge in [-0.15, -0.1) is 0 Å². The minimum Gasteiger partial charge on any atom is -0.506 e. The normalized spacial score (nSPS) is 25.2. The molecule has 20 nitrogen and oxygen atoms in total. The lowest BCUT2D eigenvalue weighted by Gasteiger charge is -2.35. The number of esters is 2. The quantitative estimate of drug-likeness (QED) is 0.0474. The van der Waals surface area contributed by atoms with Gasteiger partial charge in [0.05, 0.1) is 56.3 Å². The Kier molecular flexibility index (Phi) is 29.2. The third kappa shape index (κ3) is 22.4. The van der Waals surface area contributed by atoms with Crippen LogP contribution in [-0.2, 0) is 63.6 Å². The topological polar surface area (TPSA) is 270 Å². The molecule has 2 amide bonds. The number of aliphatic hydroxyl groups is 1. The van der Waals surface area contributed by atoms with E-state index >= 15 is 0 Å². The number of carbonyl (C=O) groups excluding carboxylic acids is 6. The van der Waals surface area contributed by atoms with Gasteiger partial charge < -0.3 is 79.7 Å². The van der Waals surface area contributed by atoms with E-state index in [0.29, 0.717) is 43.8 Å². The number of phenols is 1. The van der Waals surface area contributed by atoms with Gasteiger partial charge in [-0.25, -0.2) is 19.6 Å². The van der Waals surface area contributed by atoms with E-state index in [1.807, 2.05) is 26.0 Å². The second-order valence-electron chi connectivity index (χ2n) is 18.9. The molecule has 1 fully saturated rings. The number of hydrogen-bond donors (Lipinski definition) is 6. The molecule has 0 aliphatic carbocycles. The first kappa shape index (κ1) is 65.6. The Morgan fingerprint density at radius 2 is 1.78 bits per heavy atom. The summed E-state index contributed by atoms with van der Waals surface area (Å²) >= 11 is 6.53. The number of allylic oxidation sites excluding steroid dienone is 3. The average Bonchev–Trinajstić information content (AvgIpc) is 4.01. The number of nitrogens with two attached hydrogens (primary N) is 1. The van der Waals surface area contributed by atoms with Crippen molar-refractivity contribution in [2.45, 2.75) is 95.5 Å². The molecule has 22 heteroatoms. The molecular weight excluding hydrogens is 976 g/mol. The summed E-state index contributed by atoms with van der Waals surface area (Å²) in [5.41, 5.74) is 6.05. The molecular formula is C50H83ClN6O14S. The molecule has 8 unspecified atom stereocenters. The predicted molar refractivity (Wildman–Crippen MR) is 281 cm³/mol. The van der Waals surface area contributed by atoms with Gasteiger partial charge in [0.15, 0.2) is 0 Å². The monoisotopic (exact) mass is 1060 g/mol. The molecule has 8 atom stereocenters. The summed E-state index contributed by atoms with van der Waals surface area (Å²) in [6, 6.07) is 2.59. The minimum atomic E-state index is -1.37. The lowest BCUT2D eigenvalue weighted by Crippen LogP contribution is -2.47. The number of carbonyl (C=O) groups is 6. The number of rotatable bonds is 20. The highest BCUT2D eigenvalue weighted by Gasteiger charge is 2.63. The van der Waals surface area contributed by atoms with Crippen LogP contribution in [0, 0.1) is 5.92 Å². The number of methoxy groups -OCH3 is 1. The van der Waals surface area contributed by atoms with Crippen LogP contribution in [0.5, 0.6) is 5.75 Å². The Balaban J connectivity index is 0.000000933. The predicted octanol–water partition coefficient (Wildman–Crippen LogP) is 2.63. The smallest absolute Gasteiger partial charge is 0.332 e. The summed E-state index contributed by atoms with van der Waals surface area (Å²) < 4.78 is 33.9. The van der Waals surface area contributed by atoms with Crippen molar-refractivity contribution in [3.63, 3.8) is 0 Å². The number of phenolic OH excluding ortho intramolecular Hbond substituents is 1. The van der Waals surface area contributed by atoms with Gasteiger partial charge in [-0.1, -0.05) is 48.9 Å². The molecule has 1 saturated heterocycles. The number of ether oxygens (including phenoxy) is 6. The zero-order valence-corrected chi connectivity index (χ0v) is 46.1. The largest absolute Gasteiger partial charge is 0.506 e. The molecule has 0 aromatic heterocycles. The van der Waals surface area contributed by atoms with Crippen LogP contribution in [0.2, 0.25) is 5.02 Å². The number of benzene rings is 1. The summed E-state index contributed by atoms with van der Waals surface area (Å²) in [7, 11) is 7.67. The highest BCUT2D eigenvalue weighted by atomic mass is 35.5. The summed E-state index contributed by atoms with van der Waals surface area (Å²) in [4.78, 5) is 72.2. The molecule has 0 spiro atoms. The Hall–Kier alpha value is -4.42. The summed E-state index contributed by atoms with van der Waals surface area (Å²) in [6.07, 6.45) is 10.8. The fraction of sp³-hybridized carbons (Fsp3) is 0.640. The molecule has 410 valence electrons. The summed E-state index contributed by atoms with van der Waals surface area (Å²) in [6.45, 7) is 13.7. The van der Waals surface area contributed by atoms with E-state index in [1.54, 1.807) is 72.1 Å². The Bertz CT molecular complexity index is 2000. The van der Waals surface area contributed by atoms with E-state index in [1.165, 1.54) is 12.0 Å². The fourth-order valence-corrected chi connectivity index (χ4v) is 8.18. The van der Waals surface area contributed by atoms with Crippen molar-refractivity contribution in [2.24, 2.45) is 11.7 Å². The first-order valence-corrected chi connectivity index (χ1v) is 26.9. The van der Waals surface area contributed by atoms with Gasteiger partial charge >= 0.3 is 11.9 Å². The number of likely N-dealkylation sites (N-methyl/N-ethyl adjacent to an activating group) is 3. The van der Waals surface area contributed by atoms with Crippen molar-refractivity contribution < 1.29 is 67.4 Å². The second kappa shape index (κ2) is 32.0. The van der Waals surface area contributed by atoms with Crippen molar-refractivity contribution in [1.29, 1.82) is 0 Å². The number of aromatic hydroxyl groups is 1. The van der Waals surface area contributed by atoms with Crippen LogP contribution in [-0.4, -0.2) is 199 Å². The number of halogens is 1. The van der Waals surface area contributed by atoms with E-state index in [-0.39, 0.29) is 56.0 Å². The van der Waals surface area contributed by atoms with Gasteiger partial charge in [0.2, 0.25) is 11.8 Å². The summed E-state index contributed by atoms with van der Waals surface area (Å²) in [5.74, 6) is -1.56. The number of amides is 2. The average molecular weight is 1060 g/mol. The van der Waals surface area contributed by atoms with E-state index < -0.39 is 75.4 Å². The number of aldehydes is 2. The molecule has 7 N–H and O–H groups in total. The van der Waals surface area contributed by atoms with Crippen molar-refractivity contribution >= 4 is 63.6 Å². The van der Waals surface area contributed by atoms with Crippen LogP contribution in [0.25, 0.3) is 0 Å². The highest BCUT2D eigenvalue weighted by molar-refractivity contribution is 8.32. The molecule has 3 rings (SSSR count). The van der Waals surface area contributed by atoms with Crippen molar-refractivity contribution in [2.75, 3.05) is 111 Å². The number of hydrogen-bond acceptors (Lipinski definition) is 18. The van der Waals surface area contributed by atoms with Gasteiger partial charge in [-0.05, 0) is 84.7 Å². The number of fused-ring (bicyclic) bond motifs is 3. The van der Waals surface area contributed by atoms with Crippen molar-refractivity contribution in [1.82, 2.24) is 20.9 Å². The molecule has 2 bridgehead atoms. The number of nitrogens with zero attached hydrogens (tertiary/aromatic N) is 2. The molecule has 72 heavy (non-hydrogen) atoms. The van der Waals surface area contributed by atoms with Gasteiger partial charge in [0, 0.05) is 51.5 Å². The van der Waals surface area contributed by atoms with Crippen molar-refractivity contribution in [3.05, 3.63) is 58.8 Å². The SMILES string of the molecule is C=C(CNC)N(C)C(C)C(=O)OC1CC(=O)N(C)c2cc(cc(O)c2Cl)C/C(C)=C/C=C/C(OC)C(C)(O)CC(OCN)C(C)C2OC12C.CNCC=O.CS(C)(C)CCOC(=O)COCC(=O)NCC=O. The lowest BCUT2D eigenvalue weighted by atomic mass is 9.82. The van der Waals surface area contributed by atoms with Crippen LogP contribution in [0.15, 0.2) is 48.2 Å². The lowest BCUT2D eigenvalue weighted by molar-refractivity contribution is -0.158. The zero-order chi connectivity index (χ0) is 55.0. The molecule has 1 aromatic carbocycles. The van der Waals surface area contributed by atoms with Crippen molar-refractivity contribution in [3.8, 4) is 5.75 Å². The minimum absolute atomic E-state index is 0.0196. The van der Waals surface area contributed by atoms with Crippen LogP contribution >= 0.6 is 21.6 Å². The maximum absolute atomic E-state index is 14.0. The Morgan fingerprint density at radius 1 is 1.12 bits per heavy atom. The third-order valence-corrected chi connectivity index (χ3v) is 13.6. The standard InChI is InChI=1S/C36H55ClN4O8.C11H21NO5S.C3H7NO/c1-21-12-11-13-29(46-10)35(5,45)18-28(47-20-38)23(3)33-36(6,49-33)30(48-34(44)24(4)40(8)22(2)19-39-7)17-31(43)41(9)26-15-25(14-21)16-27(42)32(26)37;1-18(2,3)7-6-17-11(15)9-16-8-10(14)12-4-5-13;1-4-2-3-5/h11-13,15-16,23-24,28-30,33,39,42,45H,2,14,17-20,38H2,1,3-10H3;5H,4,6-9H2,1-3H3,(H,12,14);3-4H,2H2,1H3/b13-11+,21-12+;;. The zero-order valence-electron chi connectivity index (χ0n) is 44.5. The first-order chi connectivity index (χ1) is 33.7. The molecule has 1 aromatic rings. The number of anilines is 1. The highest BCUT2D eigenvalue weighted by Crippen LogP contribution is 2.49. The van der Waals surface area contributed by atoms with Gasteiger partial charge in [-0.2, -0.15) is 0 Å². The molecule has 2 heterocycles. The molecule has 2 aliphatic heterocycles. The van der Waals surface area contributed by atoms with Crippen LogP contribution in [0.3, 0.4) is 0 Å². The fourth-order valence-electron chi connectivity index (χ4n) is 7.36. The van der Waals surface area contributed by atoms with Gasteiger partial charge in [-0.3, -0.25) is 9.59 Å². The summed E-state index contributed by atoms with van der Waals surface area (Å²) in [5, 5.41) is 30.4. The molecule has 0 radical (unpaired) electrons.